The van der Waals surface area contributed by atoms with Crippen LogP contribution in [0.1, 0.15) is 32.3 Å². The van der Waals surface area contributed by atoms with E-state index in [0.717, 1.165) is 18.2 Å². The van der Waals surface area contributed by atoms with Crippen LogP contribution in [0.4, 0.5) is 5.69 Å². The number of piperazine rings is 1. The molecule has 33 heavy (non-hydrogen) atoms. The summed E-state index contributed by atoms with van der Waals surface area (Å²) in [5, 5.41) is 10.8. The molecule has 1 aromatic rings. The summed E-state index contributed by atoms with van der Waals surface area (Å²) in [4.78, 5) is 14.9. The third-order valence-electron chi connectivity index (χ3n) is 5.26. The Morgan fingerprint density at radius 2 is 1.91 bits per heavy atom. The molecule has 10 heteroatoms. The SMILES string of the molecule is CCCCS(=O)(=O)N1CCN(/C(C=N)=C(\OCCOCC)C(=O)Nc2cccc(C)c2)CC1. The molecule has 0 unspecified atom stereocenters. The van der Waals surface area contributed by atoms with Crippen LogP contribution in [0.3, 0.4) is 0 Å². The minimum absolute atomic E-state index is 0.0218. The van der Waals surface area contributed by atoms with Gasteiger partial charge in [-0.1, -0.05) is 25.5 Å². The van der Waals surface area contributed by atoms with Crippen LogP contribution in [0, 0.1) is 12.3 Å². The highest BCUT2D eigenvalue weighted by atomic mass is 32.2. The number of benzene rings is 1. The van der Waals surface area contributed by atoms with Crippen LogP contribution in [-0.4, -0.2) is 81.5 Å². The summed E-state index contributed by atoms with van der Waals surface area (Å²) < 4.78 is 37.6. The Kier molecular flexibility index (Phi) is 10.8. The number of anilines is 1. The van der Waals surface area contributed by atoms with Gasteiger partial charge in [0.25, 0.3) is 5.91 Å². The highest BCUT2D eigenvalue weighted by Gasteiger charge is 2.29. The van der Waals surface area contributed by atoms with Crippen molar-refractivity contribution in [1.82, 2.24) is 9.21 Å². The number of hydrogen-bond acceptors (Lipinski definition) is 7. The summed E-state index contributed by atoms with van der Waals surface area (Å²) in [6, 6.07) is 7.41. The number of amides is 1. The van der Waals surface area contributed by atoms with Crippen molar-refractivity contribution in [3.63, 3.8) is 0 Å². The van der Waals surface area contributed by atoms with Gasteiger partial charge < -0.3 is 25.1 Å². The second-order valence-electron chi connectivity index (χ2n) is 7.78. The molecule has 1 aliphatic heterocycles. The molecule has 1 aliphatic rings. The third-order valence-corrected chi connectivity index (χ3v) is 7.21. The van der Waals surface area contributed by atoms with E-state index in [0.29, 0.717) is 57.2 Å². The number of carbonyl (C=O) groups excluding carboxylic acids is 1. The second kappa shape index (κ2) is 13.3. The van der Waals surface area contributed by atoms with Crippen LogP contribution in [0.25, 0.3) is 0 Å². The number of aryl methyl sites for hydroxylation is 1. The molecule has 0 bridgehead atoms. The van der Waals surface area contributed by atoms with Gasteiger partial charge in [0.1, 0.15) is 12.3 Å². The van der Waals surface area contributed by atoms with Crippen molar-refractivity contribution in [3.05, 3.63) is 41.3 Å². The molecule has 1 aromatic carbocycles. The molecule has 0 aromatic heterocycles. The minimum Gasteiger partial charge on any atom is -0.484 e. The molecule has 0 spiro atoms. The van der Waals surface area contributed by atoms with E-state index in [2.05, 4.69) is 5.32 Å². The van der Waals surface area contributed by atoms with E-state index in [1.54, 1.807) is 6.07 Å². The number of allylic oxidation sites excluding steroid dienone is 1. The summed E-state index contributed by atoms with van der Waals surface area (Å²) >= 11 is 0. The molecule has 2 rings (SSSR count). The molecule has 0 radical (unpaired) electrons. The zero-order valence-corrected chi connectivity index (χ0v) is 20.6. The monoisotopic (exact) mass is 480 g/mol. The first-order valence-corrected chi connectivity index (χ1v) is 13.0. The smallest absolute Gasteiger partial charge is 0.293 e. The van der Waals surface area contributed by atoms with Gasteiger partial charge >= 0.3 is 0 Å². The van der Waals surface area contributed by atoms with Crippen molar-refractivity contribution in [3.8, 4) is 0 Å². The summed E-state index contributed by atoms with van der Waals surface area (Å²) in [7, 11) is -3.30. The normalized spacial score (nSPS) is 15.7. The zero-order valence-electron chi connectivity index (χ0n) is 19.8. The fourth-order valence-corrected chi connectivity index (χ4v) is 5.11. The van der Waals surface area contributed by atoms with Gasteiger partial charge in [-0.15, -0.1) is 0 Å². The van der Waals surface area contributed by atoms with E-state index in [4.69, 9.17) is 14.9 Å². The summed E-state index contributed by atoms with van der Waals surface area (Å²) in [5.74, 6) is -0.302. The Morgan fingerprint density at radius 1 is 1.18 bits per heavy atom. The maximum absolute atomic E-state index is 13.1. The topological polar surface area (TPSA) is 112 Å². The van der Waals surface area contributed by atoms with Crippen LogP contribution in [-0.2, 0) is 24.3 Å². The zero-order chi connectivity index (χ0) is 24.3. The molecule has 9 nitrogen and oxygen atoms in total. The maximum Gasteiger partial charge on any atom is 0.293 e. The van der Waals surface area contributed by atoms with Crippen molar-refractivity contribution in [2.24, 2.45) is 0 Å². The summed E-state index contributed by atoms with van der Waals surface area (Å²) in [6.45, 7) is 8.11. The number of sulfonamides is 1. The lowest BCUT2D eigenvalue weighted by molar-refractivity contribution is -0.116. The average Bonchev–Trinajstić information content (AvgIpc) is 2.80. The van der Waals surface area contributed by atoms with Gasteiger partial charge in [0.2, 0.25) is 15.8 Å². The molecule has 1 heterocycles. The average molecular weight is 481 g/mol. The van der Waals surface area contributed by atoms with Gasteiger partial charge in [-0.2, -0.15) is 4.31 Å². The van der Waals surface area contributed by atoms with Crippen molar-refractivity contribution < 1.29 is 22.7 Å². The standard InChI is InChI=1S/C23H36N4O5S/c1-4-6-16-33(29,30)27-12-10-26(11-13-27)21(18-24)22(32-15-14-31-5-2)23(28)25-20-9-7-8-19(3)17-20/h7-9,17-18,24H,4-6,10-16H2,1-3H3,(H,25,28)/b22-21-,24-18?. The lowest BCUT2D eigenvalue weighted by Gasteiger charge is -2.36. The van der Waals surface area contributed by atoms with Crippen LogP contribution in [0.5, 0.6) is 0 Å². The number of nitrogens with zero attached hydrogens (tertiary/aromatic N) is 2. The molecule has 1 saturated heterocycles. The van der Waals surface area contributed by atoms with Gasteiger partial charge in [0, 0.05) is 44.7 Å². The molecule has 2 N–H and O–H groups in total. The molecule has 0 atom stereocenters. The lowest BCUT2D eigenvalue weighted by Crippen LogP contribution is -2.49. The Bertz CT molecular complexity index is 925. The molecule has 1 amide bonds. The van der Waals surface area contributed by atoms with E-state index in [9.17, 15) is 13.2 Å². The van der Waals surface area contributed by atoms with Gasteiger partial charge in [0.05, 0.1) is 12.4 Å². The van der Waals surface area contributed by atoms with Gasteiger partial charge in [-0.3, -0.25) is 4.79 Å². The van der Waals surface area contributed by atoms with Gasteiger partial charge in [0.15, 0.2) is 0 Å². The van der Waals surface area contributed by atoms with E-state index in [1.807, 2.05) is 43.9 Å². The van der Waals surface area contributed by atoms with Crippen LogP contribution in [0.15, 0.2) is 35.7 Å². The Balaban J connectivity index is 2.20. The first kappa shape index (κ1) is 26.8. The summed E-state index contributed by atoms with van der Waals surface area (Å²) in [5.41, 5.74) is 1.95. The van der Waals surface area contributed by atoms with Crippen LogP contribution in [0.2, 0.25) is 0 Å². The fourth-order valence-electron chi connectivity index (χ4n) is 3.48. The van der Waals surface area contributed by atoms with E-state index in [1.165, 1.54) is 4.31 Å². The van der Waals surface area contributed by atoms with Crippen molar-refractivity contribution >= 4 is 27.8 Å². The van der Waals surface area contributed by atoms with E-state index >= 15 is 0 Å². The number of unbranched alkanes of at least 4 members (excludes halogenated alkanes) is 1. The third kappa shape index (κ3) is 8.13. The van der Waals surface area contributed by atoms with Gasteiger partial charge in [-0.05, 0) is 38.0 Å². The number of carbonyl (C=O) groups is 1. The fraction of sp³-hybridized carbons (Fsp3) is 0.565. The predicted molar refractivity (Wildman–Crippen MR) is 130 cm³/mol. The molecule has 0 saturated carbocycles. The molecule has 184 valence electrons. The maximum atomic E-state index is 13.1. The van der Waals surface area contributed by atoms with Crippen LogP contribution >= 0.6 is 0 Å². The Morgan fingerprint density at radius 3 is 2.52 bits per heavy atom. The first-order valence-electron chi connectivity index (χ1n) is 11.4. The van der Waals surface area contributed by atoms with Crippen molar-refractivity contribution in [1.29, 1.82) is 5.41 Å². The number of rotatable bonds is 13. The highest BCUT2D eigenvalue weighted by Crippen LogP contribution is 2.19. The first-order chi connectivity index (χ1) is 15.8. The highest BCUT2D eigenvalue weighted by molar-refractivity contribution is 7.89. The van der Waals surface area contributed by atoms with Crippen molar-refractivity contribution in [2.45, 2.75) is 33.6 Å². The Labute approximate surface area is 197 Å². The Hall–Kier alpha value is -2.43. The quantitative estimate of drug-likeness (QED) is 0.194. The molecular weight excluding hydrogens is 444 g/mol. The van der Waals surface area contributed by atoms with E-state index in [-0.39, 0.29) is 18.1 Å². The molecule has 1 fully saturated rings. The molecule has 0 aliphatic carbocycles. The summed E-state index contributed by atoms with van der Waals surface area (Å²) in [6.07, 6.45) is 2.54. The second-order valence-corrected chi connectivity index (χ2v) is 9.87. The largest absolute Gasteiger partial charge is 0.484 e. The number of hydrogen-bond donors (Lipinski definition) is 2. The number of nitrogens with one attached hydrogen (secondary N) is 2. The molecular formula is C23H36N4O5S. The van der Waals surface area contributed by atoms with Crippen LogP contribution < -0.4 is 5.32 Å². The van der Waals surface area contributed by atoms with Crippen molar-refractivity contribution in [2.75, 3.05) is 57.1 Å². The van der Waals surface area contributed by atoms with E-state index < -0.39 is 15.9 Å². The minimum atomic E-state index is -3.30. The predicted octanol–water partition coefficient (Wildman–Crippen LogP) is 2.60. The number of ether oxygens (including phenoxy) is 2. The lowest BCUT2D eigenvalue weighted by atomic mass is 10.2. The van der Waals surface area contributed by atoms with Gasteiger partial charge in [-0.25, -0.2) is 8.42 Å².